The van der Waals surface area contributed by atoms with E-state index in [-0.39, 0.29) is 11.2 Å². The summed E-state index contributed by atoms with van der Waals surface area (Å²) in [6, 6.07) is 1.88. The zero-order valence-corrected chi connectivity index (χ0v) is 8.33. The number of hydrogen-bond donors (Lipinski definition) is 0. The van der Waals surface area contributed by atoms with Gasteiger partial charge in [0, 0.05) is 5.41 Å². The number of carbonyl (C=O) groups excluding carboxylic acids is 1. The van der Waals surface area contributed by atoms with Crippen LogP contribution in [-0.2, 0) is 4.79 Å². The maximum Gasteiger partial charge on any atom is 0.238 e. The maximum atomic E-state index is 11.7. The molecular formula is C12H15NO. The summed E-state index contributed by atoms with van der Waals surface area (Å²) in [6.07, 6.45) is 7.05. The van der Waals surface area contributed by atoms with Crippen molar-refractivity contribution in [2.45, 2.75) is 38.5 Å². The van der Waals surface area contributed by atoms with Crippen LogP contribution in [0.1, 0.15) is 38.5 Å². The van der Waals surface area contributed by atoms with Crippen LogP contribution < -0.4 is 0 Å². The van der Waals surface area contributed by atoms with Crippen LogP contribution in [0.4, 0.5) is 0 Å². The van der Waals surface area contributed by atoms with E-state index < -0.39 is 0 Å². The molecule has 14 heavy (non-hydrogen) atoms. The van der Waals surface area contributed by atoms with E-state index >= 15 is 0 Å². The third-order valence-corrected chi connectivity index (χ3v) is 4.62. The van der Waals surface area contributed by atoms with Crippen molar-refractivity contribution in [1.29, 1.82) is 5.26 Å². The molecule has 2 nitrogen and oxygen atoms in total. The van der Waals surface area contributed by atoms with Crippen LogP contribution >= 0.6 is 0 Å². The van der Waals surface area contributed by atoms with Crippen LogP contribution in [0.5, 0.6) is 0 Å². The lowest BCUT2D eigenvalue weighted by atomic mass is 9.48. The summed E-state index contributed by atoms with van der Waals surface area (Å²) in [5, 5.41) is 8.80. The Morgan fingerprint density at radius 3 is 1.86 bits per heavy atom. The first-order valence-electron chi connectivity index (χ1n) is 5.66. The van der Waals surface area contributed by atoms with Gasteiger partial charge in [-0.3, -0.25) is 4.79 Å². The van der Waals surface area contributed by atoms with Crippen molar-refractivity contribution in [2.24, 2.45) is 23.2 Å². The predicted octanol–water partition coefficient (Wildman–Crippen LogP) is 2.30. The minimum Gasteiger partial charge on any atom is -0.282 e. The normalized spacial score (nSPS) is 48.9. The molecule has 0 N–H and O–H groups in total. The summed E-state index contributed by atoms with van der Waals surface area (Å²) in [5.74, 6) is 2.17. The molecule has 0 spiro atoms. The highest BCUT2D eigenvalue weighted by Crippen LogP contribution is 2.60. The summed E-state index contributed by atoms with van der Waals surface area (Å²) in [6.45, 7) is 0. The van der Waals surface area contributed by atoms with E-state index in [2.05, 4.69) is 0 Å². The average molecular weight is 189 g/mol. The van der Waals surface area contributed by atoms with E-state index in [0.29, 0.717) is 0 Å². The molecule has 0 radical (unpaired) electrons. The van der Waals surface area contributed by atoms with Crippen LogP contribution in [0, 0.1) is 34.5 Å². The largest absolute Gasteiger partial charge is 0.282 e. The Kier molecular flexibility index (Phi) is 1.57. The first-order chi connectivity index (χ1) is 6.72. The van der Waals surface area contributed by atoms with Crippen molar-refractivity contribution >= 4 is 5.78 Å². The van der Waals surface area contributed by atoms with Gasteiger partial charge in [-0.15, -0.1) is 0 Å². The van der Waals surface area contributed by atoms with Crippen LogP contribution in [-0.4, -0.2) is 5.78 Å². The highest BCUT2D eigenvalue weighted by molar-refractivity contribution is 5.98. The molecule has 0 amide bonds. The molecule has 2 heteroatoms. The third kappa shape index (κ3) is 0.987. The molecule has 0 aromatic carbocycles. The maximum absolute atomic E-state index is 11.7. The minimum absolute atomic E-state index is 0.114. The number of Topliss-reactive ketones (excluding diaryl/α,β-unsaturated/α-hetero) is 1. The monoisotopic (exact) mass is 189 g/mol. The Labute approximate surface area is 84.3 Å². The van der Waals surface area contributed by atoms with E-state index in [0.717, 1.165) is 37.0 Å². The average Bonchev–Trinajstić information content (AvgIpc) is 2.14. The number of hydrogen-bond acceptors (Lipinski definition) is 2. The SMILES string of the molecule is N#CC(=O)C12CC3CC(CC(C3)C1)C2. The van der Waals surface area contributed by atoms with Crippen LogP contribution in [0.3, 0.4) is 0 Å². The highest BCUT2D eigenvalue weighted by Gasteiger charge is 2.54. The van der Waals surface area contributed by atoms with Crippen molar-refractivity contribution in [3.63, 3.8) is 0 Å². The molecule has 4 aliphatic carbocycles. The summed E-state index contributed by atoms with van der Waals surface area (Å²) < 4.78 is 0. The lowest BCUT2D eigenvalue weighted by molar-refractivity contribution is -0.137. The van der Waals surface area contributed by atoms with Crippen molar-refractivity contribution in [2.75, 3.05) is 0 Å². The predicted molar refractivity (Wildman–Crippen MR) is 51.2 cm³/mol. The molecule has 4 rings (SSSR count). The van der Waals surface area contributed by atoms with E-state index in [1.165, 1.54) is 19.3 Å². The molecule has 0 unspecified atom stereocenters. The van der Waals surface area contributed by atoms with Gasteiger partial charge in [0.15, 0.2) is 0 Å². The Hall–Kier alpha value is -0.840. The fourth-order valence-electron chi connectivity index (χ4n) is 4.51. The smallest absolute Gasteiger partial charge is 0.238 e. The molecule has 4 fully saturated rings. The number of ketones is 1. The van der Waals surface area contributed by atoms with Crippen LogP contribution in [0.15, 0.2) is 0 Å². The zero-order valence-electron chi connectivity index (χ0n) is 8.33. The van der Waals surface area contributed by atoms with E-state index in [1.807, 2.05) is 6.07 Å². The second kappa shape index (κ2) is 2.59. The van der Waals surface area contributed by atoms with Gasteiger partial charge in [0.1, 0.15) is 6.07 Å². The van der Waals surface area contributed by atoms with E-state index in [4.69, 9.17) is 5.26 Å². The lowest BCUT2D eigenvalue weighted by Crippen LogP contribution is -2.49. The Bertz CT molecular complexity index is 290. The number of nitrogens with zero attached hydrogens (tertiary/aromatic N) is 1. The first kappa shape index (κ1) is 8.47. The molecule has 0 atom stereocenters. The van der Waals surface area contributed by atoms with Gasteiger partial charge in [-0.05, 0) is 56.3 Å². The Balaban J connectivity index is 1.95. The van der Waals surface area contributed by atoms with E-state index in [9.17, 15) is 4.79 Å². The van der Waals surface area contributed by atoms with Gasteiger partial charge in [0.05, 0.1) is 0 Å². The van der Waals surface area contributed by atoms with Gasteiger partial charge in [0.25, 0.3) is 0 Å². The molecule has 74 valence electrons. The van der Waals surface area contributed by atoms with Crippen molar-refractivity contribution < 1.29 is 4.79 Å². The Morgan fingerprint density at radius 1 is 1.07 bits per heavy atom. The number of nitriles is 1. The Morgan fingerprint density at radius 2 is 1.50 bits per heavy atom. The van der Waals surface area contributed by atoms with Gasteiger partial charge in [-0.1, -0.05) is 0 Å². The molecule has 0 heterocycles. The van der Waals surface area contributed by atoms with Gasteiger partial charge in [0.2, 0.25) is 5.78 Å². The molecule has 4 saturated carbocycles. The molecule has 0 aromatic rings. The summed E-state index contributed by atoms with van der Waals surface area (Å²) >= 11 is 0. The molecule has 4 aliphatic rings. The van der Waals surface area contributed by atoms with Crippen molar-refractivity contribution in [3.05, 3.63) is 0 Å². The minimum atomic E-state index is -0.191. The first-order valence-corrected chi connectivity index (χ1v) is 5.66. The third-order valence-electron chi connectivity index (χ3n) is 4.62. The van der Waals surface area contributed by atoms with Crippen molar-refractivity contribution in [1.82, 2.24) is 0 Å². The second-order valence-corrected chi connectivity index (χ2v) is 5.64. The molecular weight excluding hydrogens is 174 g/mol. The highest BCUT2D eigenvalue weighted by atomic mass is 16.1. The summed E-state index contributed by atoms with van der Waals surface area (Å²) in [4.78, 5) is 11.7. The zero-order chi connectivity index (χ0) is 9.76. The standard InChI is InChI=1S/C12H15NO/c13-7-11(14)12-4-8-1-9(5-12)3-10(2-8)6-12/h8-10H,1-6H2. The van der Waals surface area contributed by atoms with Gasteiger partial charge < -0.3 is 0 Å². The quantitative estimate of drug-likeness (QED) is 0.594. The van der Waals surface area contributed by atoms with Gasteiger partial charge in [-0.2, -0.15) is 5.26 Å². The van der Waals surface area contributed by atoms with Gasteiger partial charge >= 0.3 is 0 Å². The summed E-state index contributed by atoms with van der Waals surface area (Å²) in [5.41, 5.74) is -0.191. The number of carbonyl (C=O) groups is 1. The molecule has 4 bridgehead atoms. The number of rotatable bonds is 1. The fourth-order valence-corrected chi connectivity index (χ4v) is 4.51. The molecule has 0 saturated heterocycles. The topological polar surface area (TPSA) is 40.9 Å². The lowest BCUT2D eigenvalue weighted by Gasteiger charge is -2.55. The second-order valence-electron chi connectivity index (χ2n) is 5.64. The molecule has 0 aromatic heterocycles. The van der Waals surface area contributed by atoms with Crippen LogP contribution in [0.2, 0.25) is 0 Å². The van der Waals surface area contributed by atoms with Crippen molar-refractivity contribution in [3.8, 4) is 6.07 Å². The summed E-state index contributed by atoms with van der Waals surface area (Å²) in [7, 11) is 0. The molecule has 0 aliphatic heterocycles. The van der Waals surface area contributed by atoms with E-state index in [1.54, 1.807) is 0 Å². The van der Waals surface area contributed by atoms with Crippen LogP contribution in [0.25, 0.3) is 0 Å². The van der Waals surface area contributed by atoms with Gasteiger partial charge in [-0.25, -0.2) is 0 Å². The fraction of sp³-hybridized carbons (Fsp3) is 0.833.